The van der Waals surface area contributed by atoms with Gasteiger partial charge in [0.25, 0.3) is 0 Å². The van der Waals surface area contributed by atoms with Crippen molar-refractivity contribution in [1.82, 2.24) is 5.32 Å². The van der Waals surface area contributed by atoms with E-state index in [-0.39, 0.29) is 6.10 Å². The van der Waals surface area contributed by atoms with E-state index in [1.807, 2.05) is 26.0 Å². The van der Waals surface area contributed by atoms with Gasteiger partial charge < -0.3 is 10.1 Å². The SMILES string of the molecule is CCNC(C)/C=C/c1cccc(OC(C)C)c1. The Hall–Kier alpha value is -1.28. The van der Waals surface area contributed by atoms with Crippen LogP contribution in [0.15, 0.2) is 30.3 Å². The van der Waals surface area contributed by atoms with Crippen molar-refractivity contribution in [2.24, 2.45) is 0 Å². The third-order valence-electron chi connectivity index (χ3n) is 2.33. The molecule has 2 nitrogen and oxygen atoms in total. The molecule has 2 heteroatoms. The summed E-state index contributed by atoms with van der Waals surface area (Å²) in [5.74, 6) is 0.929. The molecule has 0 saturated heterocycles. The minimum Gasteiger partial charge on any atom is -0.491 e. The van der Waals surface area contributed by atoms with Gasteiger partial charge in [-0.2, -0.15) is 0 Å². The number of hydrogen-bond donors (Lipinski definition) is 1. The molecular formula is C15H23NO. The molecule has 0 aliphatic heterocycles. The van der Waals surface area contributed by atoms with E-state index in [0.717, 1.165) is 12.3 Å². The van der Waals surface area contributed by atoms with Gasteiger partial charge in [-0.25, -0.2) is 0 Å². The second-order valence-corrected chi connectivity index (χ2v) is 4.44. The molecule has 94 valence electrons. The van der Waals surface area contributed by atoms with Crippen molar-refractivity contribution in [3.63, 3.8) is 0 Å². The summed E-state index contributed by atoms with van der Waals surface area (Å²) < 4.78 is 5.66. The molecule has 1 aromatic carbocycles. The number of nitrogens with one attached hydrogen (secondary N) is 1. The smallest absolute Gasteiger partial charge is 0.120 e. The molecular weight excluding hydrogens is 210 g/mol. The highest BCUT2D eigenvalue weighted by atomic mass is 16.5. The fourth-order valence-corrected chi connectivity index (χ4v) is 1.61. The fourth-order valence-electron chi connectivity index (χ4n) is 1.61. The van der Waals surface area contributed by atoms with Crippen molar-refractivity contribution < 1.29 is 4.74 Å². The van der Waals surface area contributed by atoms with Crippen molar-refractivity contribution in [3.05, 3.63) is 35.9 Å². The zero-order valence-corrected chi connectivity index (χ0v) is 11.2. The molecule has 1 unspecified atom stereocenters. The summed E-state index contributed by atoms with van der Waals surface area (Å²) in [5, 5.41) is 3.34. The van der Waals surface area contributed by atoms with E-state index in [0.29, 0.717) is 6.04 Å². The first-order chi connectivity index (χ1) is 8.11. The maximum Gasteiger partial charge on any atom is 0.120 e. The van der Waals surface area contributed by atoms with E-state index < -0.39 is 0 Å². The Morgan fingerprint density at radius 3 is 2.71 bits per heavy atom. The summed E-state index contributed by atoms with van der Waals surface area (Å²) in [7, 11) is 0. The van der Waals surface area contributed by atoms with Gasteiger partial charge in [-0.3, -0.25) is 0 Å². The number of rotatable bonds is 6. The molecule has 0 bridgehead atoms. The second-order valence-electron chi connectivity index (χ2n) is 4.44. The van der Waals surface area contributed by atoms with Gasteiger partial charge in [0.05, 0.1) is 6.10 Å². The average Bonchev–Trinajstić information content (AvgIpc) is 2.26. The molecule has 1 aromatic rings. The first-order valence-corrected chi connectivity index (χ1v) is 6.30. The van der Waals surface area contributed by atoms with Gasteiger partial charge in [-0.1, -0.05) is 31.2 Å². The summed E-state index contributed by atoms with van der Waals surface area (Å²) in [6, 6.07) is 8.56. The van der Waals surface area contributed by atoms with Crippen LogP contribution in [0.5, 0.6) is 5.75 Å². The minimum atomic E-state index is 0.218. The van der Waals surface area contributed by atoms with Crippen LogP contribution in [-0.4, -0.2) is 18.7 Å². The van der Waals surface area contributed by atoms with E-state index in [2.05, 4.69) is 43.4 Å². The molecule has 0 fully saturated rings. The molecule has 0 aliphatic carbocycles. The molecule has 0 amide bonds. The number of likely N-dealkylation sites (N-methyl/N-ethyl adjacent to an activating group) is 1. The summed E-state index contributed by atoms with van der Waals surface area (Å²) in [4.78, 5) is 0. The molecule has 0 spiro atoms. The van der Waals surface area contributed by atoms with Crippen molar-refractivity contribution in [3.8, 4) is 5.75 Å². The topological polar surface area (TPSA) is 21.3 Å². The summed E-state index contributed by atoms with van der Waals surface area (Å²) in [6.07, 6.45) is 4.51. The number of ether oxygens (including phenoxy) is 1. The van der Waals surface area contributed by atoms with E-state index >= 15 is 0 Å². The Balaban J connectivity index is 2.65. The van der Waals surface area contributed by atoms with E-state index in [1.54, 1.807) is 0 Å². The zero-order valence-electron chi connectivity index (χ0n) is 11.2. The lowest BCUT2D eigenvalue weighted by Crippen LogP contribution is -2.22. The highest BCUT2D eigenvalue weighted by Crippen LogP contribution is 2.16. The summed E-state index contributed by atoms with van der Waals surface area (Å²) >= 11 is 0. The van der Waals surface area contributed by atoms with Crippen LogP contribution in [0.4, 0.5) is 0 Å². The maximum atomic E-state index is 5.66. The van der Waals surface area contributed by atoms with Gasteiger partial charge in [0, 0.05) is 6.04 Å². The van der Waals surface area contributed by atoms with Crippen LogP contribution in [0.2, 0.25) is 0 Å². The standard InChI is InChI=1S/C15H23NO/c1-5-16-13(4)9-10-14-7-6-8-15(11-14)17-12(2)3/h6-13,16H,5H2,1-4H3/b10-9+. The lowest BCUT2D eigenvalue weighted by molar-refractivity contribution is 0.242. The zero-order chi connectivity index (χ0) is 12.7. The van der Waals surface area contributed by atoms with Crippen LogP contribution in [0, 0.1) is 0 Å². The van der Waals surface area contributed by atoms with Crippen LogP contribution in [-0.2, 0) is 0 Å². The van der Waals surface area contributed by atoms with Crippen molar-refractivity contribution in [2.75, 3.05) is 6.54 Å². The molecule has 0 heterocycles. The third kappa shape index (κ3) is 5.55. The number of benzene rings is 1. The maximum absolute atomic E-state index is 5.66. The molecule has 0 aliphatic rings. The van der Waals surface area contributed by atoms with Gasteiger partial charge in [0.1, 0.15) is 5.75 Å². The summed E-state index contributed by atoms with van der Waals surface area (Å²) in [6.45, 7) is 9.32. The van der Waals surface area contributed by atoms with Gasteiger partial charge in [0.15, 0.2) is 0 Å². The monoisotopic (exact) mass is 233 g/mol. The third-order valence-corrected chi connectivity index (χ3v) is 2.33. The lowest BCUT2D eigenvalue weighted by Gasteiger charge is -2.10. The summed E-state index contributed by atoms with van der Waals surface area (Å²) in [5.41, 5.74) is 1.17. The van der Waals surface area contributed by atoms with E-state index in [9.17, 15) is 0 Å². The van der Waals surface area contributed by atoms with E-state index in [4.69, 9.17) is 4.74 Å². The molecule has 1 atom stereocenters. The van der Waals surface area contributed by atoms with Crippen LogP contribution >= 0.6 is 0 Å². The predicted molar refractivity (Wildman–Crippen MR) is 74.4 cm³/mol. The van der Waals surface area contributed by atoms with Crippen LogP contribution in [0.3, 0.4) is 0 Å². The van der Waals surface area contributed by atoms with Crippen LogP contribution in [0.1, 0.15) is 33.3 Å². The average molecular weight is 233 g/mol. The van der Waals surface area contributed by atoms with Gasteiger partial charge in [-0.05, 0) is 45.0 Å². The van der Waals surface area contributed by atoms with Crippen molar-refractivity contribution in [2.45, 2.75) is 39.8 Å². The normalized spacial score (nSPS) is 13.2. The van der Waals surface area contributed by atoms with Gasteiger partial charge in [-0.15, -0.1) is 0 Å². The molecule has 0 aromatic heterocycles. The van der Waals surface area contributed by atoms with Gasteiger partial charge in [0.2, 0.25) is 0 Å². The largest absolute Gasteiger partial charge is 0.491 e. The Morgan fingerprint density at radius 2 is 2.06 bits per heavy atom. The highest BCUT2D eigenvalue weighted by Gasteiger charge is 1.98. The first kappa shape index (κ1) is 13.8. The van der Waals surface area contributed by atoms with Crippen molar-refractivity contribution in [1.29, 1.82) is 0 Å². The predicted octanol–water partition coefficient (Wildman–Crippen LogP) is 3.49. The Bertz CT molecular complexity index is 358. The Labute approximate surface area is 105 Å². The second kappa shape index (κ2) is 7.13. The lowest BCUT2D eigenvalue weighted by atomic mass is 10.1. The molecule has 1 N–H and O–H groups in total. The molecule has 0 saturated carbocycles. The van der Waals surface area contributed by atoms with Crippen LogP contribution in [0.25, 0.3) is 6.08 Å². The van der Waals surface area contributed by atoms with E-state index in [1.165, 1.54) is 5.56 Å². The highest BCUT2D eigenvalue weighted by molar-refractivity contribution is 5.52. The minimum absolute atomic E-state index is 0.218. The van der Waals surface area contributed by atoms with Crippen molar-refractivity contribution >= 4 is 6.08 Å². The Morgan fingerprint density at radius 1 is 1.29 bits per heavy atom. The van der Waals surface area contributed by atoms with Crippen LogP contribution < -0.4 is 10.1 Å². The van der Waals surface area contributed by atoms with Gasteiger partial charge >= 0.3 is 0 Å². The Kier molecular flexibility index (Phi) is 5.78. The number of hydrogen-bond acceptors (Lipinski definition) is 2. The first-order valence-electron chi connectivity index (χ1n) is 6.30. The molecule has 17 heavy (non-hydrogen) atoms. The fraction of sp³-hybridized carbons (Fsp3) is 0.467. The quantitative estimate of drug-likeness (QED) is 0.812. The molecule has 1 rings (SSSR count). The molecule has 0 radical (unpaired) electrons.